The smallest absolute Gasteiger partial charge is 0.117 e. The predicted molar refractivity (Wildman–Crippen MR) is 70.4 cm³/mol. The van der Waals surface area contributed by atoms with Crippen molar-refractivity contribution in [2.45, 2.75) is 18.8 Å². The third kappa shape index (κ3) is 2.51. The van der Waals surface area contributed by atoms with Gasteiger partial charge in [0, 0.05) is 11.6 Å². The van der Waals surface area contributed by atoms with Gasteiger partial charge in [-0.2, -0.15) is 5.10 Å². The molecule has 0 amide bonds. The van der Waals surface area contributed by atoms with Gasteiger partial charge in [0.2, 0.25) is 0 Å². The van der Waals surface area contributed by atoms with Crippen molar-refractivity contribution in [3.05, 3.63) is 32.0 Å². The summed E-state index contributed by atoms with van der Waals surface area (Å²) in [7, 11) is 0. The molecule has 0 saturated heterocycles. The maximum atomic E-state index is 5.72. The van der Waals surface area contributed by atoms with Gasteiger partial charge in [-0.1, -0.05) is 0 Å². The normalized spacial score (nSPS) is 13.0. The second-order valence-corrected chi connectivity index (χ2v) is 5.53. The molecule has 80 valence electrons. The molecule has 1 atom stereocenters. The largest absolute Gasteiger partial charge is 0.262 e. The van der Waals surface area contributed by atoms with E-state index in [4.69, 9.17) is 11.6 Å². The number of nitrogens with zero attached hydrogens (tertiary/aromatic N) is 3. The second-order valence-electron chi connectivity index (χ2n) is 3.13. The zero-order valence-electron chi connectivity index (χ0n) is 8.02. The first-order valence-electron chi connectivity index (χ1n) is 4.40. The van der Waals surface area contributed by atoms with Crippen molar-refractivity contribution in [2.24, 2.45) is 0 Å². The molecule has 0 N–H and O–H groups in total. The molecule has 0 saturated carbocycles. The lowest BCUT2D eigenvalue weighted by atomic mass is 10.3. The topological polar surface area (TPSA) is 30.7 Å². The molecule has 0 aromatic carbocycles. The van der Waals surface area contributed by atoms with E-state index < -0.39 is 0 Å². The van der Waals surface area contributed by atoms with Gasteiger partial charge in [0.15, 0.2) is 0 Å². The fraction of sp³-hybridized carbons (Fsp3) is 0.333. The second kappa shape index (κ2) is 4.80. The highest BCUT2D eigenvalue weighted by molar-refractivity contribution is 14.1. The summed E-state index contributed by atoms with van der Waals surface area (Å²) in [6, 6.07) is 0.176. The molecule has 2 heterocycles. The number of halogens is 2. The maximum absolute atomic E-state index is 5.72. The van der Waals surface area contributed by atoms with Crippen LogP contribution < -0.4 is 0 Å². The molecule has 0 aliphatic rings. The van der Waals surface area contributed by atoms with Crippen LogP contribution >= 0.6 is 45.5 Å². The van der Waals surface area contributed by atoms with Crippen molar-refractivity contribution < 1.29 is 0 Å². The van der Waals surface area contributed by atoms with Crippen LogP contribution in [-0.2, 0) is 5.88 Å². The average molecular weight is 354 g/mol. The number of rotatable bonds is 3. The van der Waals surface area contributed by atoms with Gasteiger partial charge in [-0.15, -0.1) is 22.9 Å². The SMILES string of the molecule is CC(c1nc(CCl)cs1)n1cc(I)cn1. The molecule has 2 aromatic rings. The highest BCUT2D eigenvalue weighted by atomic mass is 127. The Morgan fingerprint density at radius 2 is 2.47 bits per heavy atom. The average Bonchev–Trinajstić information content (AvgIpc) is 2.84. The number of alkyl halides is 1. The van der Waals surface area contributed by atoms with Crippen LogP contribution in [0, 0.1) is 3.57 Å². The lowest BCUT2D eigenvalue weighted by Gasteiger charge is -2.07. The van der Waals surface area contributed by atoms with Gasteiger partial charge in [-0.3, -0.25) is 4.68 Å². The van der Waals surface area contributed by atoms with Gasteiger partial charge in [-0.25, -0.2) is 4.98 Å². The molecule has 0 aliphatic carbocycles. The molecule has 0 radical (unpaired) electrons. The Balaban J connectivity index is 2.23. The van der Waals surface area contributed by atoms with Crippen LogP contribution in [0.3, 0.4) is 0 Å². The molecule has 0 spiro atoms. The summed E-state index contributed by atoms with van der Waals surface area (Å²) in [5.41, 5.74) is 0.936. The van der Waals surface area contributed by atoms with E-state index in [0.29, 0.717) is 5.88 Å². The van der Waals surface area contributed by atoms with Crippen LogP contribution in [-0.4, -0.2) is 14.8 Å². The Morgan fingerprint density at radius 3 is 3.00 bits per heavy atom. The lowest BCUT2D eigenvalue weighted by Crippen LogP contribution is -2.06. The van der Waals surface area contributed by atoms with Gasteiger partial charge in [0.05, 0.1) is 21.3 Å². The third-order valence-corrected chi connectivity index (χ3v) is 3.93. The minimum atomic E-state index is 0.176. The Kier molecular flexibility index (Phi) is 3.63. The van der Waals surface area contributed by atoms with Gasteiger partial charge in [0.25, 0.3) is 0 Å². The third-order valence-electron chi connectivity index (χ3n) is 2.03. The minimum absolute atomic E-state index is 0.176. The predicted octanol–water partition coefficient (Wildman–Crippen LogP) is 3.29. The first-order chi connectivity index (χ1) is 7.20. The number of hydrogen-bond acceptors (Lipinski definition) is 3. The molecule has 1 unspecified atom stereocenters. The molecular weight excluding hydrogens is 345 g/mol. The van der Waals surface area contributed by atoms with Crippen molar-refractivity contribution in [1.82, 2.24) is 14.8 Å². The van der Waals surface area contributed by atoms with Gasteiger partial charge < -0.3 is 0 Å². The van der Waals surface area contributed by atoms with E-state index in [2.05, 4.69) is 39.6 Å². The molecule has 2 aromatic heterocycles. The summed E-state index contributed by atoms with van der Waals surface area (Å²) in [6.45, 7) is 2.08. The van der Waals surface area contributed by atoms with Crippen LogP contribution in [0.15, 0.2) is 17.8 Å². The van der Waals surface area contributed by atoms with Crippen LogP contribution in [0.2, 0.25) is 0 Å². The van der Waals surface area contributed by atoms with Crippen molar-refractivity contribution in [3.8, 4) is 0 Å². The summed E-state index contributed by atoms with van der Waals surface area (Å²) in [6.07, 6.45) is 3.85. The minimum Gasteiger partial charge on any atom is -0.262 e. The van der Waals surface area contributed by atoms with E-state index in [9.17, 15) is 0 Å². The molecule has 0 aliphatic heterocycles. The van der Waals surface area contributed by atoms with Crippen molar-refractivity contribution >= 4 is 45.5 Å². The number of hydrogen-bond donors (Lipinski definition) is 0. The zero-order chi connectivity index (χ0) is 10.8. The van der Waals surface area contributed by atoms with E-state index in [1.807, 2.05) is 22.5 Å². The summed E-state index contributed by atoms with van der Waals surface area (Å²) in [4.78, 5) is 4.44. The first kappa shape index (κ1) is 11.3. The summed E-state index contributed by atoms with van der Waals surface area (Å²) in [5, 5.41) is 7.31. The van der Waals surface area contributed by atoms with Crippen molar-refractivity contribution in [3.63, 3.8) is 0 Å². The monoisotopic (exact) mass is 353 g/mol. The maximum Gasteiger partial charge on any atom is 0.117 e. The molecule has 6 heteroatoms. The fourth-order valence-corrected chi connectivity index (χ4v) is 2.72. The Labute approximate surface area is 111 Å². The zero-order valence-corrected chi connectivity index (χ0v) is 11.8. The molecule has 15 heavy (non-hydrogen) atoms. The van der Waals surface area contributed by atoms with E-state index >= 15 is 0 Å². The summed E-state index contributed by atoms with van der Waals surface area (Å²) < 4.78 is 3.05. The van der Waals surface area contributed by atoms with E-state index in [1.165, 1.54) is 0 Å². The number of thiazole rings is 1. The fourth-order valence-electron chi connectivity index (χ4n) is 1.22. The van der Waals surface area contributed by atoms with E-state index in [1.54, 1.807) is 11.3 Å². The van der Waals surface area contributed by atoms with Gasteiger partial charge >= 0.3 is 0 Å². The van der Waals surface area contributed by atoms with Crippen LogP contribution in [0.4, 0.5) is 0 Å². The molecule has 3 nitrogen and oxygen atoms in total. The Hall–Kier alpha value is -0.140. The Morgan fingerprint density at radius 1 is 1.67 bits per heavy atom. The van der Waals surface area contributed by atoms with Gasteiger partial charge in [0.1, 0.15) is 11.0 Å². The van der Waals surface area contributed by atoms with E-state index in [0.717, 1.165) is 14.3 Å². The standard InChI is InChI=1S/C9H9ClIN3S/c1-6(14-4-7(11)3-12-14)9-13-8(2-10)5-15-9/h3-6H,2H2,1H3. The molecular formula is C9H9ClIN3S. The summed E-state index contributed by atoms with van der Waals surface area (Å²) in [5.74, 6) is 0.472. The molecule has 0 bridgehead atoms. The highest BCUT2D eigenvalue weighted by Gasteiger charge is 2.12. The molecule has 0 fully saturated rings. The first-order valence-corrected chi connectivity index (χ1v) is 6.90. The Bertz CT molecular complexity index is 454. The van der Waals surface area contributed by atoms with Crippen molar-refractivity contribution in [2.75, 3.05) is 0 Å². The van der Waals surface area contributed by atoms with Gasteiger partial charge in [-0.05, 0) is 29.5 Å². The lowest BCUT2D eigenvalue weighted by molar-refractivity contribution is 0.560. The van der Waals surface area contributed by atoms with Crippen LogP contribution in [0.25, 0.3) is 0 Å². The van der Waals surface area contributed by atoms with E-state index in [-0.39, 0.29) is 6.04 Å². The highest BCUT2D eigenvalue weighted by Crippen LogP contribution is 2.22. The van der Waals surface area contributed by atoms with Crippen molar-refractivity contribution in [1.29, 1.82) is 0 Å². The van der Waals surface area contributed by atoms with Crippen LogP contribution in [0.1, 0.15) is 23.7 Å². The quantitative estimate of drug-likeness (QED) is 0.626. The molecule has 2 rings (SSSR count). The number of aromatic nitrogens is 3. The van der Waals surface area contributed by atoms with Crippen LogP contribution in [0.5, 0.6) is 0 Å². The summed E-state index contributed by atoms with van der Waals surface area (Å²) >= 11 is 9.59.